The van der Waals surface area contributed by atoms with Gasteiger partial charge in [-0.3, -0.25) is 0 Å². The Labute approximate surface area is 112 Å². The van der Waals surface area contributed by atoms with E-state index in [9.17, 15) is 8.42 Å². The van der Waals surface area contributed by atoms with Crippen LogP contribution in [0.3, 0.4) is 0 Å². The smallest absolute Gasteiger partial charge is 0.247 e. The predicted octanol–water partition coefficient (Wildman–Crippen LogP) is 1.25. The van der Waals surface area contributed by atoms with E-state index in [-0.39, 0.29) is 10.9 Å². The van der Waals surface area contributed by atoms with Crippen LogP contribution in [0.25, 0.3) is 0 Å². The van der Waals surface area contributed by atoms with Gasteiger partial charge < -0.3 is 5.32 Å². The number of pyridine rings is 1. The Morgan fingerprint density at radius 3 is 3.00 bits per heavy atom. The average Bonchev–Trinajstić information content (AvgIpc) is 2.39. The van der Waals surface area contributed by atoms with Gasteiger partial charge in [-0.1, -0.05) is 0 Å². The molecule has 1 aromatic rings. The number of anilines is 1. The van der Waals surface area contributed by atoms with Gasteiger partial charge in [0.1, 0.15) is 10.7 Å². The molecule has 0 aliphatic carbocycles. The van der Waals surface area contributed by atoms with Crippen molar-refractivity contribution < 1.29 is 8.42 Å². The molecule has 100 valence electrons. The lowest BCUT2D eigenvalue weighted by atomic mass is 10.4. The van der Waals surface area contributed by atoms with E-state index in [1.807, 2.05) is 6.92 Å². The van der Waals surface area contributed by atoms with Crippen LogP contribution in [0.5, 0.6) is 0 Å². The van der Waals surface area contributed by atoms with E-state index in [4.69, 9.17) is 0 Å². The second kappa shape index (κ2) is 5.46. The molecule has 0 aromatic carbocycles. The number of thioether (sulfide) groups is 1. The molecule has 18 heavy (non-hydrogen) atoms. The van der Waals surface area contributed by atoms with Crippen LogP contribution < -0.4 is 5.32 Å². The van der Waals surface area contributed by atoms with Gasteiger partial charge in [-0.2, -0.15) is 16.1 Å². The number of aromatic nitrogens is 1. The van der Waals surface area contributed by atoms with Gasteiger partial charge in [0, 0.05) is 37.3 Å². The minimum absolute atomic E-state index is 0.0265. The second-order valence-electron chi connectivity index (χ2n) is 4.14. The van der Waals surface area contributed by atoms with Crippen molar-refractivity contribution in [1.29, 1.82) is 0 Å². The SMILES string of the molecule is CNc1ncccc1S(=O)(=O)N1CCSCC1C. The molecular weight excluding hydrogens is 270 g/mol. The quantitative estimate of drug-likeness (QED) is 0.906. The molecule has 1 aliphatic heterocycles. The molecule has 1 unspecified atom stereocenters. The Hall–Kier alpha value is -0.790. The first-order valence-electron chi connectivity index (χ1n) is 5.79. The molecule has 0 bridgehead atoms. The summed E-state index contributed by atoms with van der Waals surface area (Å²) < 4.78 is 26.8. The van der Waals surface area contributed by atoms with Crippen LogP contribution in [0.1, 0.15) is 6.92 Å². The van der Waals surface area contributed by atoms with Crippen molar-refractivity contribution in [2.45, 2.75) is 17.9 Å². The highest BCUT2D eigenvalue weighted by Gasteiger charge is 2.32. The van der Waals surface area contributed by atoms with Gasteiger partial charge in [-0.15, -0.1) is 0 Å². The molecule has 7 heteroatoms. The third-order valence-electron chi connectivity index (χ3n) is 2.90. The second-order valence-corrected chi connectivity index (χ2v) is 7.15. The fourth-order valence-electron chi connectivity index (χ4n) is 1.98. The molecular formula is C11H17N3O2S2. The van der Waals surface area contributed by atoms with E-state index in [1.165, 1.54) is 0 Å². The average molecular weight is 287 g/mol. The zero-order valence-electron chi connectivity index (χ0n) is 10.5. The number of rotatable bonds is 3. The first kappa shape index (κ1) is 13.6. The molecule has 2 heterocycles. The zero-order chi connectivity index (χ0) is 13.2. The molecule has 0 spiro atoms. The summed E-state index contributed by atoms with van der Waals surface area (Å²) in [5, 5.41) is 2.83. The van der Waals surface area contributed by atoms with Gasteiger partial charge in [0.25, 0.3) is 0 Å². The number of hydrogen-bond acceptors (Lipinski definition) is 5. The van der Waals surface area contributed by atoms with E-state index in [1.54, 1.807) is 41.4 Å². The van der Waals surface area contributed by atoms with Crippen LogP contribution in [-0.2, 0) is 10.0 Å². The van der Waals surface area contributed by atoms with Gasteiger partial charge in [-0.05, 0) is 19.1 Å². The fourth-order valence-corrected chi connectivity index (χ4v) is 4.99. The number of nitrogens with zero attached hydrogens (tertiary/aromatic N) is 2. The highest BCUT2D eigenvalue weighted by molar-refractivity contribution is 7.99. The molecule has 2 rings (SSSR count). The monoisotopic (exact) mass is 287 g/mol. The van der Waals surface area contributed by atoms with Crippen molar-refractivity contribution in [3.63, 3.8) is 0 Å². The van der Waals surface area contributed by atoms with Crippen molar-refractivity contribution in [2.24, 2.45) is 0 Å². The van der Waals surface area contributed by atoms with E-state index < -0.39 is 10.0 Å². The molecule has 1 fully saturated rings. The number of hydrogen-bond donors (Lipinski definition) is 1. The molecule has 0 saturated carbocycles. The summed E-state index contributed by atoms with van der Waals surface area (Å²) >= 11 is 1.79. The third kappa shape index (κ3) is 2.48. The maximum atomic E-state index is 12.6. The summed E-state index contributed by atoms with van der Waals surface area (Å²) in [4.78, 5) is 4.32. The van der Waals surface area contributed by atoms with Crippen LogP contribution in [0.2, 0.25) is 0 Å². The lowest BCUT2D eigenvalue weighted by molar-refractivity contribution is 0.367. The van der Waals surface area contributed by atoms with Crippen molar-refractivity contribution >= 4 is 27.6 Å². The predicted molar refractivity (Wildman–Crippen MR) is 74.5 cm³/mol. The van der Waals surface area contributed by atoms with Crippen LogP contribution in [0.4, 0.5) is 5.82 Å². The van der Waals surface area contributed by atoms with Crippen molar-refractivity contribution in [3.8, 4) is 0 Å². The van der Waals surface area contributed by atoms with E-state index in [2.05, 4.69) is 10.3 Å². The van der Waals surface area contributed by atoms with E-state index in [0.717, 1.165) is 11.5 Å². The van der Waals surface area contributed by atoms with E-state index >= 15 is 0 Å². The molecule has 5 nitrogen and oxygen atoms in total. The van der Waals surface area contributed by atoms with Crippen molar-refractivity contribution in [3.05, 3.63) is 18.3 Å². The molecule has 1 aromatic heterocycles. The zero-order valence-corrected chi connectivity index (χ0v) is 12.1. The number of nitrogens with one attached hydrogen (secondary N) is 1. The van der Waals surface area contributed by atoms with Gasteiger partial charge in [0.2, 0.25) is 10.0 Å². The molecule has 1 saturated heterocycles. The van der Waals surface area contributed by atoms with Crippen molar-refractivity contribution in [2.75, 3.05) is 30.4 Å². The van der Waals surface area contributed by atoms with Gasteiger partial charge in [-0.25, -0.2) is 13.4 Å². The Balaban J connectivity index is 2.41. The summed E-state index contributed by atoms with van der Waals surface area (Å²) in [6, 6.07) is 3.28. The maximum absolute atomic E-state index is 12.6. The highest BCUT2D eigenvalue weighted by atomic mass is 32.2. The third-order valence-corrected chi connectivity index (χ3v) is 6.14. The van der Waals surface area contributed by atoms with Crippen LogP contribution in [-0.4, -0.2) is 48.8 Å². The summed E-state index contributed by atoms with van der Waals surface area (Å²) in [6.07, 6.45) is 1.58. The molecule has 1 atom stereocenters. The minimum Gasteiger partial charge on any atom is -0.372 e. The Morgan fingerprint density at radius 2 is 2.33 bits per heavy atom. The maximum Gasteiger partial charge on any atom is 0.247 e. The fraction of sp³-hybridized carbons (Fsp3) is 0.545. The lowest BCUT2D eigenvalue weighted by Gasteiger charge is -2.32. The molecule has 0 radical (unpaired) electrons. The normalized spacial score (nSPS) is 21.8. The Morgan fingerprint density at radius 1 is 1.56 bits per heavy atom. The van der Waals surface area contributed by atoms with Gasteiger partial charge in [0.05, 0.1) is 0 Å². The summed E-state index contributed by atoms with van der Waals surface area (Å²) in [6.45, 7) is 2.51. The largest absolute Gasteiger partial charge is 0.372 e. The van der Waals surface area contributed by atoms with E-state index in [0.29, 0.717) is 12.4 Å². The van der Waals surface area contributed by atoms with Gasteiger partial charge in [0.15, 0.2) is 0 Å². The Bertz CT molecular complexity index is 519. The molecule has 0 amide bonds. The first-order valence-corrected chi connectivity index (χ1v) is 8.39. The summed E-state index contributed by atoms with van der Waals surface area (Å²) in [5.41, 5.74) is 0. The molecule has 1 N–H and O–H groups in total. The highest BCUT2D eigenvalue weighted by Crippen LogP contribution is 2.27. The first-order chi connectivity index (χ1) is 8.57. The Kier molecular flexibility index (Phi) is 4.14. The number of sulfonamides is 1. The lowest BCUT2D eigenvalue weighted by Crippen LogP contribution is -2.44. The van der Waals surface area contributed by atoms with Gasteiger partial charge >= 0.3 is 0 Å². The minimum atomic E-state index is -3.46. The topological polar surface area (TPSA) is 62.3 Å². The summed E-state index contributed by atoms with van der Waals surface area (Å²) in [5.74, 6) is 2.09. The van der Waals surface area contributed by atoms with Crippen LogP contribution in [0, 0.1) is 0 Å². The van der Waals surface area contributed by atoms with Crippen LogP contribution in [0.15, 0.2) is 23.2 Å². The molecule has 1 aliphatic rings. The summed E-state index contributed by atoms with van der Waals surface area (Å²) in [7, 11) is -1.78. The van der Waals surface area contributed by atoms with Crippen LogP contribution >= 0.6 is 11.8 Å². The standard InChI is InChI=1S/C11H17N3O2S2/c1-9-8-17-7-6-14(9)18(15,16)10-4-3-5-13-11(10)12-2/h3-5,9H,6-8H2,1-2H3,(H,12,13). The van der Waals surface area contributed by atoms with Crippen molar-refractivity contribution in [1.82, 2.24) is 9.29 Å².